The van der Waals surface area contributed by atoms with Crippen molar-refractivity contribution in [3.05, 3.63) is 0 Å². The highest BCUT2D eigenvalue weighted by Gasteiger charge is 2.16. The fourth-order valence-electron chi connectivity index (χ4n) is 2.72. The lowest BCUT2D eigenvalue weighted by molar-refractivity contribution is 0.275. The summed E-state index contributed by atoms with van der Waals surface area (Å²) in [5.41, 5.74) is 0. The standard InChI is InChI=1S/C17H37N/c1-6-7-8-9-10-11-12-13-18-14-17(15(2)3)16(4)5/h15-18H,6-14H2,1-5H3. The molecule has 1 N–H and O–H groups in total. The quantitative estimate of drug-likeness (QED) is 0.469. The minimum absolute atomic E-state index is 0.798. The van der Waals surface area contributed by atoms with Crippen molar-refractivity contribution in [3.63, 3.8) is 0 Å². The van der Waals surface area contributed by atoms with Crippen molar-refractivity contribution in [1.29, 1.82) is 0 Å². The predicted molar refractivity (Wildman–Crippen MR) is 84.0 cm³/mol. The Balaban J connectivity index is 3.33. The van der Waals surface area contributed by atoms with E-state index >= 15 is 0 Å². The van der Waals surface area contributed by atoms with Crippen LogP contribution < -0.4 is 5.32 Å². The average molecular weight is 255 g/mol. The van der Waals surface area contributed by atoms with E-state index in [1.54, 1.807) is 0 Å². The van der Waals surface area contributed by atoms with Gasteiger partial charge < -0.3 is 5.32 Å². The van der Waals surface area contributed by atoms with Gasteiger partial charge in [-0.1, -0.05) is 73.1 Å². The highest BCUT2D eigenvalue weighted by molar-refractivity contribution is 4.69. The molecule has 0 spiro atoms. The van der Waals surface area contributed by atoms with Gasteiger partial charge in [-0.15, -0.1) is 0 Å². The van der Waals surface area contributed by atoms with Crippen LogP contribution in [0.3, 0.4) is 0 Å². The zero-order valence-corrected chi connectivity index (χ0v) is 13.6. The molecule has 0 amide bonds. The predicted octanol–water partition coefficient (Wildman–Crippen LogP) is 5.25. The Hall–Kier alpha value is -0.0400. The second-order valence-corrected chi connectivity index (χ2v) is 6.48. The number of rotatable bonds is 12. The molecule has 0 aliphatic rings. The molecule has 0 atom stereocenters. The van der Waals surface area contributed by atoms with E-state index in [2.05, 4.69) is 39.9 Å². The summed E-state index contributed by atoms with van der Waals surface area (Å²) in [6.45, 7) is 14.1. The van der Waals surface area contributed by atoms with Crippen molar-refractivity contribution >= 4 is 0 Å². The van der Waals surface area contributed by atoms with Crippen molar-refractivity contribution in [2.45, 2.75) is 79.6 Å². The van der Waals surface area contributed by atoms with Gasteiger partial charge in [-0.3, -0.25) is 0 Å². The summed E-state index contributed by atoms with van der Waals surface area (Å²) in [5.74, 6) is 2.42. The lowest BCUT2D eigenvalue weighted by Crippen LogP contribution is -2.30. The van der Waals surface area contributed by atoms with E-state index in [4.69, 9.17) is 0 Å². The molecule has 18 heavy (non-hydrogen) atoms. The average Bonchev–Trinajstić information content (AvgIpc) is 2.30. The molecule has 0 heterocycles. The van der Waals surface area contributed by atoms with Gasteiger partial charge in [0.1, 0.15) is 0 Å². The Bertz CT molecular complexity index is 155. The molecule has 0 saturated carbocycles. The second kappa shape index (κ2) is 12.0. The molecule has 0 radical (unpaired) electrons. The Morgan fingerprint density at radius 1 is 0.722 bits per heavy atom. The largest absolute Gasteiger partial charge is 0.316 e. The van der Waals surface area contributed by atoms with E-state index in [1.165, 1.54) is 58.0 Å². The van der Waals surface area contributed by atoms with Crippen LogP contribution in [0.5, 0.6) is 0 Å². The first-order valence-electron chi connectivity index (χ1n) is 8.30. The van der Waals surface area contributed by atoms with Gasteiger partial charge in [-0.05, 0) is 37.3 Å². The summed E-state index contributed by atoms with van der Waals surface area (Å²) < 4.78 is 0. The molecule has 0 aromatic rings. The fraction of sp³-hybridized carbons (Fsp3) is 1.00. The summed E-state index contributed by atoms with van der Waals surface area (Å²) in [5, 5.41) is 3.65. The van der Waals surface area contributed by atoms with Gasteiger partial charge in [-0.25, -0.2) is 0 Å². The Morgan fingerprint density at radius 2 is 1.22 bits per heavy atom. The van der Waals surface area contributed by atoms with Crippen molar-refractivity contribution in [2.24, 2.45) is 17.8 Å². The van der Waals surface area contributed by atoms with E-state index in [1.807, 2.05) is 0 Å². The van der Waals surface area contributed by atoms with E-state index in [0.29, 0.717) is 0 Å². The molecule has 1 heteroatoms. The molecule has 0 bridgehead atoms. The highest BCUT2D eigenvalue weighted by Crippen LogP contribution is 2.19. The van der Waals surface area contributed by atoms with E-state index < -0.39 is 0 Å². The van der Waals surface area contributed by atoms with Crippen molar-refractivity contribution in [2.75, 3.05) is 13.1 Å². The first kappa shape index (κ1) is 18.0. The minimum atomic E-state index is 0.798. The van der Waals surface area contributed by atoms with Crippen LogP contribution in [-0.4, -0.2) is 13.1 Å². The molecule has 0 aliphatic heterocycles. The van der Waals surface area contributed by atoms with Gasteiger partial charge >= 0.3 is 0 Å². The molecule has 0 fully saturated rings. The van der Waals surface area contributed by atoms with Gasteiger partial charge in [0, 0.05) is 0 Å². The third kappa shape index (κ3) is 9.94. The molecule has 0 aliphatic carbocycles. The first-order chi connectivity index (χ1) is 8.59. The van der Waals surface area contributed by atoms with Crippen LogP contribution in [0.1, 0.15) is 79.6 Å². The Morgan fingerprint density at radius 3 is 1.72 bits per heavy atom. The van der Waals surface area contributed by atoms with Crippen LogP contribution in [0.2, 0.25) is 0 Å². The van der Waals surface area contributed by atoms with Crippen LogP contribution in [0.4, 0.5) is 0 Å². The maximum atomic E-state index is 3.65. The monoisotopic (exact) mass is 255 g/mol. The summed E-state index contributed by atoms with van der Waals surface area (Å²) in [7, 11) is 0. The molecule has 0 aromatic carbocycles. The lowest BCUT2D eigenvalue weighted by Gasteiger charge is -2.25. The molecular formula is C17H37N. The number of unbranched alkanes of at least 4 members (excludes halogenated alkanes) is 6. The maximum Gasteiger partial charge on any atom is -0.00156 e. The minimum Gasteiger partial charge on any atom is -0.316 e. The van der Waals surface area contributed by atoms with Crippen LogP contribution in [0.15, 0.2) is 0 Å². The van der Waals surface area contributed by atoms with Crippen LogP contribution in [0, 0.1) is 17.8 Å². The lowest BCUT2D eigenvalue weighted by atomic mass is 9.85. The molecular weight excluding hydrogens is 218 g/mol. The van der Waals surface area contributed by atoms with E-state index in [9.17, 15) is 0 Å². The van der Waals surface area contributed by atoms with Gasteiger partial charge in [-0.2, -0.15) is 0 Å². The normalized spacial score (nSPS) is 12.0. The summed E-state index contributed by atoms with van der Waals surface area (Å²) in [6.07, 6.45) is 9.84. The van der Waals surface area contributed by atoms with Crippen LogP contribution in [-0.2, 0) is 0 Å². The topological polar surface area (TPSA) is 12.0 Å². The van der Waals surface area contributed by atoms with Gasteiger partial charge in [0.2, 0.25) is 0 Å². The van der Waals surface area contributed by atoms with E-state index in [-0.39, 0.29) is 0 Å². The first-order valence-corrected chi connectivity index (χ1v) is 8.30. The number of hydrogen-bond donors (Lipinski definition) is 1. The van der Waals surface area contributed by atoms with Gasteiger partial charge in [0.25, 0.3) is 0 Å². The van der Waals surface area contributed by atoms with Crippen molar-refractivity contribution < 1.29 is 0 Å². The Kier molecular flexibility index (Phi) is 12.0. The fourth-order valence-corrected chi connectivity index (χ4v) is 2.72. The zero-order chi connectivity index (χ0) is 13.8. The maximum absolute atomic E-state index is 3.65. The van der Waals surface area contributed by atoms with Gasteiger partial charge in [0.05, 0.1) is 0 Å². The van der Waals surface area contributed by atoms with Crippen molar-refractivity contribution in [1.82, 2.24) is 5.32 Å². The molecule has 110 valence electrons. The van der Waals surface area contributed by atoms with E-state index in [0.717, 1.165) is 17.8 Å². The molecule has 0 saturated heterocycles. The zero-order valence-electron chi connectivity index (χ0n) is 13.6. The Labute approximate surface area is 116 Å². The van der Waals surface area contributed by atoms with Gasteiger partial charge in [0.15, 0.2) is 0 Å². The highest BCUT2D eigenvalue weighted by atomic mass is 14.9. The SMILES string of the molecule is CCCCCCCCCNCC(C(C)C)C(C)C. The molecule has 0 unspecified atom stereocenters. The smallest absolute Gasteiger partial charge is 0.00156 e. The van der Waals surface area contributed by atoms with Crippen molar-refractivity contribution in [3.8, 4) is 0 Å². The molecule has 0 aromatic heterocycles. The van der Waals surface area contributed by atoms with Crippen LogP contribution >= 0.6 is 0 Å². The van der Waals surface area contributed by atoms with Crippen LogP contribution in [0.25, 0.3) is 0 Å². The summed E-state index contributed by atoms with van der Waals surface area (Å²) in [4.78, 5) is 0. The second-order valence-electron chi connectivity index (χ2n) is 6.48. The number of nitrogens with one attached hydrogen (secondary N) is 1. The number of hydrogen-bond acceptors (Lipinski definition) is 1. The third-order valence-corrected chi connectivity index (χ3v) is 4.05. The molecule has 0 rings (SSSR count). The summed E-state index contributed by atoms with van der Waals surface area (Å²) >= 11 is 0. The summed E-state index contributed by atoms with van der Waals surface area (Å²) in [6, 6.07) is 0. The molecule has 1 nitrogen and oxygen atoms in total. The third-order valence-electron chi connectivity index (χ3n) is 4.05.